The lowest BCUT2D eigenvalue weighted by Crippen LogP contribution is -2.34. The van der Waals surface area contributed by atoms with Crippen molar-refractivity contribution >= 4 is 15.9 Å². The highest BCUT2D eigenvalue weighted by molar-refractivity contribution is 9.10. The predicted octanol–water partition coefficient (Wildman–Crippen LogP) is 3.65. The van der Waals surface area contributed by atoms with E-state index in [0.29, 0.717) is 0 Å². The van der Waals surface area contributed by atoms with Crippen molar-refractivity contribution in [3.8, 4) is 0 Å². The molecule has 1 aliphatic heterocycles. The molecule has 0 radical (unpaired) electrons. The minimum atomic E-state index is 0.824. The summed E-state index contributed by atoms with van der Waals surface area (Å²) < 4.78 is 3.25. The number of nitrogens with zero attached hydrogens (tertiary/aromatic N) is 3. The molecule has 1 saturated heterocycles. The van der Waals surface area contributed by atoms with Crippen LogP contribution >= 0.6 is 15.9 Å². The summed E-state index contributed by atoms with van der Waals surface area (Å²) >= 11 is 3.70. The van der Waals surface area contributed by atoms with Crippen molar-refractivity contribution in [2.75, 3.05) is 6.54 Å². The Morgan fingerprint density at radius 2 is 1.95 bits per heavy atom. The van der Waals surface area contributed by atoms with E-state index in [4.69, 9.17) is 0 Å². The molecule has 0 bridgehead atoms. The Labute approximate surface area is 124 Å². The molecule has 1 unspecified atom stereocenters. The molecule has 106 valence electrons. The van der Waals surface area contributed by atoms with Crippen LogP contribution in [-0.2, 0) is 13.6 Å². The van der Waals surface area contributed by atoms with E-state index < -0.39 is 0 Å². The maximum atomic E-state index is 4.52. The van der Waals surface area contributed by atoms with Gasteiger partial charge in [-0.25, -0.2) is 0 Å². The minimum absolute atomic E-state index is 0.824. The maximum Gasteiger partial charge on any atom is 0.0739 e. The first-order valence-corrected chi connectivity index (χ1v) is 8.38. The normalized spacial score (nSPS) is 25.5. The van der Waals surface area contributed by atoms with E-state index in [2.05, 4.69) is 39.9 Å². The van der Waals surface area contributed by atoms with E-state index in [1.165, 1.54) is 55.2 Å². The van der Waals surface area contributed by atoms with Crippen LogP contribution < -0.4 is 0 Å². The largest absolute Gasteiger partial charge is 0.294 e. The summed E-state index contributed by atoms with van der Waals surface area (Å²) in [6, 6.07) is 0.824. The van der Waals surface area contributed by atoms with Gasteiger partial charge in [0, 0.05) is 19.6 Å². The number of hydrogen-bond donors (Lipinski definition) is 0. The highest BCUT2D eigenvalue weighted by atomic mass is 79.9. The third-order valence-electron chi connectivity index (χ3n) is 4.97. The van der Waals surface area contributed by atoms with Crippen LogP contribution in [0.2, 0.25) is 0 Å². The van der Waals surface area contributed by atoms with Crippen molar-refractivity contribution in [2.24, 2.45) is 13.0 Å². The van der Waals surface area contributed by atoms with Crippen molar-refractivity contribution in [3.05, 3.63) is 15.9 Å². The number of likely N-dealkylation sites (tertiary alicyclic amines) is 1. The average molecular weight is 326 g/mol. The first-order valence-electron chi connectivity index (χ1n) is 7.59. The van der Waals surface area contributed by atoms with Gasteiger partial charge in [-0.05, 0) is 61.0 Å². The second kappa shape index (κ2) is 5.57. The molecule has 0 amide bonds. The van der Waals surface area contributed by atoms with Crippen LogP contribution in [0.3, 0.4) is 0 Å². The summed E-state index contributed by atoms with van der Waals surface area (Å²) in [5, 5.41) is 4.52. The molecule has 1 aromatic rings. The zero-order chi connectivity index (χ0) is 13.4. The number of aryl methyl sites for hydroxylation is 2. The fourth-order valence-corrected chi connectivity index (χ4v) is 4.43. The first-order chi connectivity index (χ1) is 9.16. The summed E-state index contributed by atoms with van der Waals surface area (Å²) in [6.07, 6.45) is 8.57. The molecule has 0 N–H and O–H groups in total. The average Bonchev–Trinajstić information content (AvgIpc) is 3.08. The smallest absolute Gasteiger partial charge is 0.0739 e. The Morgan fingerprint density at radius 3 is 2.58 bits per heavy atom. The van der Waals surface area contributed by atoms with Crippen LogP contribution in [0.5, 0.6) is 0 Å². The van der Waals surface area contributed by atoms with E-state index in [1.54, 1.807) is 0 Å². The standard InChI is InChI=1S/C15H24BrN3/c1-11-15(16)14(18(2)17-11)10-19-9-5-8-13(19)12-6-3-4-7-12/h12-13H,3-10H2,1-2H3. The van der Waals surface area contributed by atoms with Crippen LogP contribution in [0.25, 0.3) is 0 Å². The van der Waals surface area contributed by atoms with Crippen molar-refractivity contribution in [2.45, 2.75) is 58.0 Å². The Kier molecular flexibility index (Phi) is 3.99. The van der Waals surface area contributed by atoms with Crippen LogP contribution in [0, 0.1) is 12.8 Å². The fraction of sp³-hybridized carbons (Fsp3) is 0.800. The highest BCUT2D eigenvalue weighted by Gasteiger charge is 2.33. The van der Waals surface area contributed by atoms with Crippen molar-refractivity contribution in [1.82, 2.24) is 14.7 Å². The van der Waals surface area contributed by atoms with Crippen LogP contribution in [0.4, 0.5) is 0 Å². The van der Waals surface area contributed by atoms with Gasteiger partial charge in [-0.15, -0.1) is 0 Å². The second-order valence-electron chi connectivity index (χ2n) is 6.19. The molecule has 1 aliphatic carbocycles. The fourth-order valence-electron chi connectivity index (χ4n) is 3.97. The van der Waals surface area contributed by atoms with Gasteiger partial charge in [-0.1, -0.05) is 12.8 Å². The molecular formula is C15H24BrN3. The molecule has 2 fully saturated rings. The van der Waals surface area contributed by atoms with E-state index in [-0.39, 0.29) is 0 Å². The van der Waals surface area contributed by atoms with Crippen molar-refractivity contribution in [3.63, 3.8) is 0 Å². The molecule has 4 heteroatoms. The predicted molar refractivity (Wildman–Crippen MR) is 81.0 cm³/mol. The molecule has 0 aromatic carbocycles. The summed E-state index contributed by atoms with van der Waals surface area (Å²) in [5.74, 6) is 0.954. The Hall–Kier alpha value is -0.350. The molecule has 1 atom stereocenters. The van der Waals surface area contributed by atoms with Gasteiger partial charge in [0.25, 0.3) is 0 Å². The van der Waals surface area contributed by atoms with Gasteiger partial charge < -0.3 is 0 Å². The molecule has 2 aliphatic rings. The lowest BCUT2D eigenvalue weighted by atomic mass is 9.96. The molecule has 1 saturated carbocycles. The van der Waals surface area contributed by atoms with Gasteiger partial charge in [-0.3, -0.25) is 9.58 Å². The Morgan fingerprint density at radius 1 is 1.21 bits per heavy atom. The topological polar surface area (TPSA) is 21.1 Å². The maximum absolute atomic E-state index is 4.52. The van der Waals surface area contributed by atoms with Gasteiger partial charge in [0.2, 0.25) is 0 Å². The Bertz CT molecular complexity index is 448. The second-order valence-corrected chi connectivity index (χ2v) is 6.99. The zero-order valence-electron chi connectivity index (χ0n) is 12.0. The summed E-state index contributed by atoms with van der Waals surface area (Å²) in [5.41, 5.74) is 2.44. The van der Waals surface area contributed by atoms with Gasteiger partial charge in [-0.2, -0.15) is 5.10 Å². The lowest BCUT2D eigenvalue weighted by molar-refractivity contribution is 0.179. The molecular weight excluding hydrogens is 302 g/mol. The van der Waals surface area contributed by atoms with E-state index >= 15 is 0 Å². The molecule has 0 spiro atoms. The van der Waals surface area contributed by atoms with Gasteiger partial charge in [0.1, 0.15) is 0 Å². The third kappa shape index (κ3) is 2.62. The molecule has 3 nitrogen and oxygen atoms in total. The Balaban J connectivity index is 1.74. The van der Waals surface area contributed by atoms with Gasteiger partial charge in [0.15, 0.2) is 0 Å². The molecule has 19 heavy (non-hydrogen) atoms. The van der Waals surface area contributed by atoms with Crippen LogP contribution in [0.15, 0.2) is 4.47 Å². The van der Waals surface area contributed by atoms with Gasteiger partial charge in [0.05, 0.1) is 15.9 Å². The number of aromatic nitrogens is 2. The molecule has 2 heterocycles. The quantitative estimate of drug-likeness (QED) is 0.845. The lowest BCUT2D eigenvalue weighted by Gasteiger charge is -2.29. The van der Waals surface area contributed by atoms with Gasteiger partial charge >= 0.3 is 0 Å². The van der Waals surface area contributed by atoms with Crippen LogP contribution in [-0.4, -0.2) is 27.3 Å². The summed E-state index contributed by atoms with van der Waals surface area (Å²) in [4.78, 5) is 2.71. The van der Waals surface area contributed by atoms with E-state index in [0.717, 1.165) is 24.2 Å². The molecule has 3 rings (SSSR count). The summed E-state index contributed by atoms with van der Waals surface area (Å²) in [6.45, 7) is 4.39. The van der Waals surface area contributed by atoms with Crippen molar-refractivity contribution < 1.29 is 0 Å². The van der Waals surface area contributed by atoms with Crippen LogP contribution in [0.1, 0.15) is 49.9 Å². The van der Waals surface area contributed by atoms with E-state index in [1.807, 2.05) is 4.68 Å². The number of hydrogen-bond acceptors (Lipinski definition) is 2. The summed E-state index contributed by atoms with van der Waals surface area (Å²) in [7, 11) is 2.06. The molecule has 1 aromatic heterocycles. The third-order valence-corrected chi connectivity index (χ3v) is 6.00. The number of halogens is 1. The zero-order valence-corrected chi connectivity index (χ0v) is 13.6. The monoisotopic (exact) mass is 325 g/mol. The van der Waals surface area contributed by atoms with Crippen molar-refractivity contribution in [1.29, 1.82) is 0 Å². The van der Waals surface area contributed by atoms with E-state index in [9.17, 15) is 0 Å². The number of rotatable bonds is 3. The minimum Gasteiger partial charge on any atom is -0.294 e. The first kappa shape index (κ1) is 13.6. The highest BCUT2D eigenvalue weighted by Crippen LogP contribution is 2.36. The SMILES string of the molecule is Cc1nn(C)c(CN2CCCC2C2CCCC2)c1Br.